The van der Waals surface area contributed by atoms with Gasteiger partial charge in [0.2, 0.25) is 0 Å². The number of nitro benzene ring substituents is 1. The molecule has 1 atom stereocenters. The summed E-state index contributed by atoms with van der Waals surface area (Å²) in [5, 5.41) is 12.2. The van der Waals surface area contributed by atoms with Crippen LogP contribution in [0.5, 0.6) is 0 Å². The minimum Gasteiger partial charge on any atom is -0.408 e. The molecule has 0 unspecified atom stereocenters. The molecular weight excluding hydrogens is 392 g/mol. The molecule has 1 aliphatic rings. The summed E-state index contributed by atoms with van der Waals surface area (Å²) >= 11 is 1.68. The third-order valence-corrected chi connectivity index (χ3v) is 6.53. The summed E-state index contributed by atoms with van der Waals surface area (Å²) in [5.41, 5.74) is 1.72. The standard InChI is InChI=1S/C20H18N4O4S/c25-20-23(16-11-13(24(26)27)8-9-17(16)28-20)12-22-10-4-3-6-15(22)19-21-14-5-1-2-7-18(14)29-19/h1-2,5,7-9,11,15H,3-4,6,10,12H2/t15-/m0/s1. The molecule has 1 aliphatic heterocycles. The van der Waals surface area contributed by atoms with E-state index in [1.807, 2.05) is 18.2 Å². The third kappa shape index (κ3) is 3.22. The first kappa shape index (κ1) is 18.0. The Bertz CT molecular complexity index is 1240. The van der Waals surface area contributed by atoms with E-state index in [0.29, 0.717) is 17.8 Å². The minimum atomic E-state index is -0.505. The second kappa shape index (κ2) is 7.09. The number of fused-ring (bicyclic) bond motifs is 2. The van der Waals surface area contributed by atoms with Gasteiger partial charge < -0.3 is 4.42 Å². The number of hydrogen-bond donors (Lipinski definition) is 0. The van der Waals surface area contributed by atoms with Gasteiger partial charge in [0.05, 0.1) is 33.4 Å². The van der Waals surface area contributed by atoms with Crippen LogP contribution in [0.25, 0.3) is 21.3 Å². The fourth-order valence-electron chi connectivity index (χ4n) is 3.95. The average Bonchev–Trinajstić information content (AvgIpc) is 3.29. The van der Waals surface area contributed by atoms with E-state index in [4.69, 9.17) is 9.40 Å². The predicted molar refractivity (Wildman–Crippen MR) is 110 cm³/mol. The van der Waals surface area contributed by atoms with Gasteiger partial charge in [0, 0.05) is 18.7 Å². The molecule has 0 N–H and O–H groups in total. The normalized spacial score (nSPS) is 17.9. The van der Waals surface area contributed by atoms with Crippen molar-refractivity contribution in [2.45, 2.75) is 32.0 Å². The van der Waals surface area contributed by atoms with Crippen molar-refractivity contribution in [1.82, 2.24) is 14.5 Å². The van der Waals surface area contributed by atoms with Gasteiger partial charge >= 0.3 is 5.76 Å². The Morgan fingerprint density at radius 1 is 1.24 bits per heavy atom. The summed E-state index contributed by atoms with van der Waals surface area (Å²) in [6, 6.07) is 12.4. The molecule has 3 heterocycles. The summed E-state index contributed by atoms with van der Waals surface area (Å²) < 4.78 is 7.94. The molecule has 4 aromatic rings. The van der Waals surface area contributed by atoms with Crippen LogP contribution in [0, 0.1) is 10.1 Å². The monoisotopic (exact) mass is 410 g/mol. The summed E-state index contributed by atoms with van der Waals surface area (Å²) in [5.74, 6) is -0.505. The van der Waals surface area contributed by atoms with Crippen molar-refractivity contribution in [3.63, 3.8) is 0 Å². The molecule has 1 saturated heterocycles. The molecule has 2 aromatic heterocycles. The molecule has 0 spiro atoms. The Morgan fingerprint density at radius 2 is 2.10 bits per heavy atom. The molecule has 9 heteroatoms. The number of likely N-dealkylation sites (tertiary alicyclic amines) is 1. The third-order valence-electron chi connectivity index (χ3n) is 5.39. The summed E-state index contributed by atoms with van der Waals surface area (Å²) in [6.07, 6.45) is 3.10. The lowest BCUT2D eigenvalue weighted by molar-refractivity contribution is -0.384. The molecule has 0 bridgehead atoms. The first-order valence-electron chi connectivity index (χ1n) is 9.47. The second-order valence-corrected chi connectivity index (χ2v) is 8.25. The Morgan fingerprint density at radius 3 is 2.93 bits per heavy atom. The van der Waals surface area contributed by atoms with E-state index in [0.717, 1.165) is 41.0 Å². The van der Waals surface area contributed by atoms with Crippen molar-refractivity contribution < 1.29 is 9.34 Å². The van der Waals surface area contributed by atoms with Crippen LogP contribution in [0.15, 0.2) is 51.7 Å². The molecule has 1 fully saturated rings. The van der Waals surface area contributed by atoms with Crippen molar-refractivity contribution in [2.75, 3.05) is 6.54 Å². The van der Waals surface area contributed by atoms with Gasteiger partial charge in [-0.2, -0.15) is 0 Å². The zero-order chi connectivity index (χ0) is 20.0. The smallest absolute Gasteiger partial charge is 0.408 e. The lowest BCUT2D eigenvalue weighted by Crippen LogP contribution is -2.37. The molecular formula is C20H18N4O4S. The number of hydrogen-bond acceptors (Lipinski definition) is 7. The Balaban J connectivity index is 1.52. The molecule has 2 aromatic carbocycles. The first-order chi connectivity index (χ1) is 14.1. The van der Waals surface area contributed by atoms with Crippen LogP contribution in [0.4, 0.5) is 5.69 Å². The van der Waals surface area contributed by atoms with E-state index >= 15 is 0 Å². The van der Waals surface area contributed by atoms with E-state index in [-0.39, 0.29) is 11.7 Å². The number of benzene rings is 2. The van der Waals surface area contributed by atoms with Crippen molar-refractivity contribution in [2.24, 2.45) is 0 Å². The molecule has 0 amide bonds. The predicted octanol–water partition coefficient (Wildman–Crippen LogP) is 4.30. The molecule has 8 nitrogen and oxygen atoms in total. The van der Waals surface area contributed by atoms with E-state index in [9.17, 15) is 14.9 Å². The maximum absolute atomic E-state index is 12.5. The van der Waals surface area contributed by atoms with E-state index in [1.165, 1.54) is 22.8 Å². The number of aromatic nitrogens is 2. The lowest BCUT2D eigenvalue weighted by Gasteiger charge is -2.34. The van der Waals surface area contributed by atoms with Crippen molar-refractivity contribution in [3.05, 3.63) is 68.1 Å². The zero-order valence-electron chi connectivity index (χ0n) is 15.5. The number of piperidine rings is 1. The molecule has 5 rings (SSSR count). The molecule has 0 aliphatic carbocycles. The van der Waals surface area contributed by atoms with Crippen LogP contribution in [-0.2, 0) is 6.67 Å². The highest BCUT2D eigenvalue weighted by molar-refractivity contribution is 7.18. The molecule has 29 heavy (non-hydrogen) atoms. The van der Waals surface area contributed by atoms with Gasteiger partial charge in [0.15, 0.2) is 5.58 Å². The number of thiazole rings is 1. The number of para-hydroxylation sites is 1. The van der Waals surface area contributed by atoms with Crippen LogP contribution in [0.1, 0.15) is 30.3 Å². The van der Waals surface area contributed by atoms with Gasteiger partial charge in [-0.15, -0.1) is 11.3 Å². The fourth-order valence-corrected chi connectivity index (χ4v) is 5.09. The quantitative estimate of drug-likeness (QED) is 0.368. The maximum Gasteiger partial charge on any atom is 0.421 e. The van der Waals surface area contributed by atoms with Crippen LogP contribution in [0.2, 0.25) is 0 Å². The number of oxazole rings is 1. The maximum atomic E-state index is 12.5. The Hall–Kier alpha value is -3.04. The highest BCUT2D eigenvalue weighted by atomic mass is 32.1. The highest BCUT2D eigenvalue weighted by Gasteiger charge is 2.28. The number of non-ortho nitro benzene ring substituents is 1. The first-order valence-corrected chi connectivity index (χ1v) is 10.3. The lowest BCUT2D eigenvalue weighted by atomic mass is 10.0. The van der Waals surface area contributed by atoms with Crippen LogP contribution >= 0.6 is 11.3 Å². The molecule has 0 radical (unpaired) electrons. The summed E-state index contributed by atoms with van der Waals surface area (Å²) in [4.78, 5) is 30.2. The summed E-state index contributed by atoms with van der Waals surface area (Å²) in [7, 11) is 0. The van der Waals surface area contributed by atoms with Crippen molar-refractivity contribution in [1.29, 1.82) is 0 Å². The SMILES string of the molecule is O=c1oc2ccc([N+](=O)[O-])cc2n1CN1CCCC[C@H]1c1nc2ccccc2s1. The van der Waals surface area contributed by atoms with E-state index in [1.54, 1.807) is 11.3 Å². The van der Waals surface area contributed by atoms with Gasteiger partial charge in [-0.05, 0) is 31.0 Å². The second-order valence-electron chi connectivity index (χ2n) is 7.19. The molecule has 0 saturated carbocycles. The van der Waals surface area contributed by atoms with Crippen LogP contribution < -0.4 is 5.76 Å². The average molecular weight is 410 g/mol. The van der Waals surface area contributed by atoms with Gasteiger partial charge in [0.25, 0.3) is 5.69 Å². The van der Waals surface area contributed by atoms with Gasteiger partial charge in [0.1, 0.15) is 5.01 Å². The Kier molecular flexibility index (Phi) is 4.40. The van der Waals surface area contributed by atoms with Crippen LogP contribution in [0.3, 0.4) is 0 Å². The number of nitrogens with zero attached hydrogens (tertiary/aromatic N) is 4. The summed E-state index contributed by atoms with van der Waals surface area (Å²) in [6.45, 7) is 1.14. The zero-order valence-corrected chi connectivity index (χ0v) is 16.3. The highest BCUT2D eigenvalue weighted by Crippen LogP contribution is 2.36. The Labute approximate surface area is 169 Å². The van der Waals surface area contributed by atoms with Crippen LogP contribution in [-0.4, -0.2) is 25.9 Å². The number of rotatable bonds is 4. The van der Waals surface area contributed by atoms with E-state index < -0.39 is 10.7 Å². The largest absolute Gasteiger partial charge is 0.421 e. The van der Waals surface area contributed by atoms with Crippen molar-refractivity contribution in [3.8, 4) is 0 Å². The van der Waals surface area contributed by atoms with Gasteiger partial charge in [-0.3, -0.25) is 19.6 Å². The van der Waals surface area contributed by atoms with E-state index in [2.05, 4.69) is 11.0 Å². The van der Waals surface area contributed by atoms with Gasteiger partial charge in [-0.1, -0.05) is 18.6 Å². The van der Waals surface area contributed by atoms with Gasteiger partial charge in [-0.25, -0.2) is 9.78 Å². The molecule has 148 valence electrons. The van der Waals surface area contributed by atoms with Crippen molar-refractivity contribution >= 4 is 38.3 Å². The minimum absolute atomic E-state index is 0.0617. The number of nitro groups is 1. The topological polar surface area (TPSA) is 94.4 Å². The fraction of sp³-hybridized carbons (Fsp3) is 0.300.